The molecule has 1 aliphatic rings. The minimum Gasteiger partial charge on any atom is -0.493 e. The van der Waals surface area contributed by atoms with E-state index in [9.17, 15) is 9.59 Å². The first-order valence-corrected chi connectivity index (χ1v) is 11.4. The van der Waals surface area contributed by atoms with E-state index >= 15 is 0 Å². The number of ether oxygens (including phenoxy) is 2. The van der Waals surface area contributed by atoms with Crippen LogP contribution in [0.5, 0.6) is 11.5 Å². The smallest absolute Gasteiger partial charge is 0.254 e. The summed E-state index contributed by atoms with van der Waals surface area (Å²) in [5, 5.41) is 4.07. The molecule has 2 amide bonds. The third kappa shape index (κ3) is 3.69. The number of aromatic nitrogens is 1. The number of hydrogen-bond acceptors (Lipinski definition) is 4. The van der Waals surface area contributed by atoms with E-state index in [1.54, 1.807) is 50.4 Å². The summed E-state index contributed by atoms with van der Waals surface area (Å²) >= 11 is 0. The summed E-state index contributed by atoms with van der Waals surface area (Å²) in [5.41, 5.74) is 3.81. The molecule has 7 heteroatoms. The third-order valence-electron chi connectivity index (χ3n) is 6.76. The summed E-state index contributed by atoms with van der Waals surface area (Å²) in [4.78, 5) is 29.0. The van der Waals surface area contributed by atoms with Crippen LogP contribution in [0.3, 0.4) is 0 Å². The second-order valence-corrected chi connectivity index (χ2v) is 8.70. The van der Waals surface area contributed by atoms with E-state index < -0.39 is 12.0 Å². The molecule has 0 saturated carbocycles. The van der Waals surface area contributed by atoms with Crippen LogP contribution in [0, 0.1) is 0 Å². The second-order valence-electron chi connectivity index (χ2n) is 8.70. The maximum absolute atomic E-state index is 13.9. The summed E-state index contributed by atoms with van der Waals surface area (Å²) in [6, 6.07) is 20.2. The van der Waals surface area contributed by atoms with Crippen molar-refractivity contribution in [3.63, 3.8) is 0 Å². The summed E-state index contributed by atoms with van der Waals surface area (Å²) in [7, 11) is 6.86. The molecule has 0 radical (unpaired) electrons. The van der Waals surface area contributed by atoms with Crippen molar-refractivity contribution in [1.29, 1.82) is 0 Å². The fraction of sp³-hybridized carbons (Fsp3) is 0.214. The van der Waals surface area contributed by atoms with Crippen molar-refractivity contribution < 1.29 is 19.1 Å². The predicted octanol–water partition coefficient (Wildman–Crippen LogP) is 4.74. The third-order valence-corrected chi connectivity index (χ3v) is 6.76. The topological polar surface area (TPSA) is 72.8 Å². The Hall–Kier alpha value is -4.26. The van der Waals surface area contributed by atoms with E-state index in [0.29, 0.717) is 28.3 Å². The Labute approximate surface area is 203 Å². The van der Waals surface area contributed by atoms with Crippen molar-refractivity contribution >= 4 is 28.4 Å². The van der Waals surface area contributed by atoms with Crippen molar-refractivity contribution in [2.45, 2.75) is 12.0 Å². The molecule has 0 spiro atoms. The molecule has 1 aromatic heterocycles. The Morgan fingerprint density at radius 3 is 2.37 bits per heavy atom. The molecule has 0 fully saturated rings. The van der Waals surface area contributed by atoms with E-state index in [0.717, 1.165) is 16.5 Å². The van der Waals surface area contributed by atoms with E-state index in [4.69, 9.17) is 9.47 Å². The van der Waals surface area contributed by atoms with Crippen molar-refractivity contribution in [3.8, 4) is 11.5 Å². The number of hydrogen-bond donors (Lipinski definition) is 1. The SMILES string of the molecule is COc1ccc(NC(=O)[C@@H]2c3ccccc3C(=O)N(C)[C@H]2c2cn(C)c3ccccc23)cc1OC. The minimum absolute atomic E-state index is 0.103. The number of benzene rings is 3. The molecule has 2 atom stereocenters. The van der Waals surface area contributed by atoms with E-state index in [-0.39, 0.29) is 11.8 Å². The van der Waals surface area contributed by atoms with Crippen LogP contribution in [0.25, 0.3) is 10.9 Å². The van der Waals surface area contributed by atoms with Crippen LogP contribution in [0.15, 0.2) is 72.9 Å². The monoisotopic (exact) mass is 469 g/mol. The van der Waals surface area contributed by atoms with Gasteiger partial charge < -0.3 is 24.3 Å². The van der Waals surface area contributed by atoms with Gasteiger partial charge in [0.25, 0.3) is 5.91 Å². The molecular formula is C28H27N3O4. The van der Waals surface area contributed by atoms with Gasteiger partial charge >= 0.3 is 0 Å². The zero-order valence-corrected chi connectivity index (χ0v) is 20.1. The highest BCUT2D eigenvalue weighted by atomic mass is 16.5. The zero-order valence-electron chi connectivity index (χ0n) is 20.1. The van der Waals surface area contributed by atoms with Crippen molar-refractivity contribution in [2.24, 2.45) is 7.05 Å². The molecule has 0 saturated heterocycles. The van der Waals surface area contributed by atoms with Gasteiger partial charge in [0.15, 0.2) is 11.5 Å². The Bertz CT molecular complexity index is 1440. The first-order valence-electron chi connectivity index (χ1n) is 11.4. The lowest BCUT2D eigenvalue weighted by molar-refractivity contribution is -0.119. The normalized spacial score (nSPS) is 17.3. The Balaban J connectivity index is 1.63. The Kier molecular flexibility index (Phi) is 5.68. The molecule has 7 nitrogen and oxygen atoms in total. The summed E-state index contributed by atoms with van der Waals surface area (Å²) in [6.07, 6.45) is 2.02. The highest BCUT2D eigenvalue weighted by Gasteiger charge is 2.43. The van der Waals surface area contributed by atoms with Gasteiger partial charge in [0.05, 0.1) is 26.2 Å². The summed E-state index contributed by atoms with van der Waals surface area (Å²) in [6.45, 7) is 0. The van der Waals surface area contributed by atoms with Crippen LogP contribution in [0.2, 0.25) is 0 Å². The molecule has 1 aliphatic heterocycles. The first-order chi connectivity index (χ1) is 16.9. The average Bonchev–Trinajstić information content (AvgIpc) is 3.21. The molecular weight excluding hydrogens is 442 g/mol. The number of nitrogens with one attached hydrogen (secondary N) is 1. The van der Waals surface area contributed by atoms with Gasteiger partial charge in [-0.15, -0.1) is 0 Å². The number of para-hydroxylation sites is 1. The zero-order chi connectivity index (χ0) is 24.7. The Morgan fingerprint density at radius 2 is 1.60 bits per heavy atom. The number of amides is 2. The number of nitrogens with zero attached hydrogens (tertiary/aromatic N) is 2. The van der Waals surface area contributed by atoms with Gasteiger partial charge in [-0.3, -0.25) is 9.59 Å². The lowest BCUT2D eigenvalue weighted by Crippen LogP contribution is -2.44. The number of carbonyl (C=O) groups is 2. The quantitative estimate of drug-likeness (QED) is 0.458. The van der Waals surface area contributed by atoms with Gasteiger partial charge in [-0.25, -0.2) is 0 Å². The lowest BCUT2D eigenvalue weighted by Gasteiger charge is -2.39. The highest BCUT2D eigenvalue weighted by Crippen LogP contribution is 2.45. The van der Waals surface area contributed by atoms with Crippen LogP contribution in [0.4, 0.5) is 5.69 Å². The van der Waals surface area contributed by atoms with E-state index in [1.165, 1.54) is 0 Å². The number of fused-ring (bicyclic) bond motifs is 2. The summed E-state index contributed by atoms with van der Waals surface area (Å²) < 4.78 is 12.8. The lowest BCUT2D eigenvalue weighted by atomic mass is 9.79. The molecule has 3 aromatic carbocycles. The molecule has 1 N–H and O–H groups in total. The van der Waals surface area contributed by atoms with Gasteiger partial charge in [-0.1, -0.05) is 36.4 Å². The molecule has 5 rings (SSSR count). The van der Waals surface area contributed by atoms with Gasteiger partial charge in [0.2, 0.25) is 5.91 Å². The number of aryl methyl sites for hydroxylation is 1. The standard InChI is InChI=1S/C28H27N3O4/c1-30-16-21(18-9-7-8-12-22(18)30)26-25(19-10-5-6-11-20(19)28(33)31(26)2)27(32)29-17-13-14-23(34-3)24(15-17)35-4/h5-16,25-26H,1-4H3,(H,29,32)/t25-,26+/m1/s1. The molecule has 35 heavy (non-hydrogen) atoms. The van der Waals surface area contributed by atoms with Gasteiger partial charge in [0.1, 0.15) is 0 Å². The predicted molar refractivity (Wildman–Crippen MR) is 135 cm³/mol. The molecule has 0 bridgehead atoms. The van der Waals surface area contributed by atoms with Crippen LogP contribution in [-0.2, 0) is 11.8 Å². The summed E-state index contributed by atoms with van der Waals surface area (Å²) in [5.74, 6) is 0.170. The van der Waals surface area contributed by atoms with E-state index in [1.807, 2.05) is 60.3 Å². The Morgan fingerprint density at radius 1 is 0.886 bits per heavy atom. The van der Waals surface area contributed by atoms with Gasteiger partial charge in [-0.05, 0) is 29.8 Å². The van der Waals surface area contributed by atoms with Gasteiger partial charge in [-0.2, -0.15) is 0 Å². The average molecular weight is 470 g/mol. The van der Waals surface area contributed by atoms with Crippen LogP contribution < -0.4 is 14.8 Å². The van der Waals surface area contributed by atoms with Crippen molar-refractivity contribution in [3.05, 3.63) is 89.6 Å². The largest absolute Gasteiger partial charge is 0.493 e. The highest BCUT2D eigenvalue weighted by molar-refractivity contribution is 6.05. The molecule has 2 heterocycles. The first kappa shape index (κ1) is 22.5. The number of likely N-dealkylation sites (N-methyl/N-ethyl adjacent to an activating group) is 1. The number of anilines is 1. The molecule has 178 valence electrons. The van der Waals surface area contributed by atoms with Crippen molar-refractivity contribution in [1.82, 2.24) is 9.47 Å². The van der Waals surface area contributed by atoms with Crippen LogP contribution in [0.1, 0.15) is 33.4 Å². The fourth-order valence-corrected chi connectivity index (χ4v) is 5.09. The van der Waals surface area contributed by atoms with E-state index in [2.05, 4.69) is 5.32 Å². The maximum Gasteiger partial charge on any atom is 0.254 e. The van der Waals surface area contributed by atoms with Gasteiger partial charge in [0, 0.05) is 54.1 Å². The van der Waals surface area contributed by atoms with Crippen LogP contribution in [-0.4, -0.2) is 42.5 Å². The number of rotatable bonds is 5. The molecule has 0 unspecified atom stereocenters. The molecule has 0 aliphatic carbocycles. The maximum atomic E-state index is 13.9. The van der Waals surface area contributed by atoms with Crippen molar-refractivity contribution in [2.75, 3.05) is 26.6 Å². The number of methoxy groups -OCH3 is 2. The molecule has 4 aromatic rings. The fourth-order valence-electron chi connectivity index (χ4n) is 5.09. The minimum atomic E-state index is -0.618. The second kappa shape index (κ2) is 8.83. The number of carbonyl (C=O) groups excluding carboxylic acids is 2. The van der Waals surface area contributed by atoms with Crippen LogP contribution >= 0.6 is 0 Å².